The summed E-state index contributed by atoms with van der Waals surface area (Å²) in [6, 6.07) is 4.70. The maximum Gasteiger partial charge on any atom is 0.335 e. The van der Waals surface area contributed by atoms with Gasteiger partial charge in [-0.05, 0) is 45.2 Å². The van der Waals surface area contributed by atoms with Crippen LogP contribution in [0.4, 0.5) is 5.69 Å². The highest BCUT2D eigenvalue weighted by Crippen LogP contribution is 2.12. The van der Waals surface area contributed by atoms with Crippen molar-refractivity contribution in [1.82, 2.24) is 0 Å². The summed E-state index contributed by atoms with van der Waals surface area (Å²) >= 11 is 0. The summed E-state index contributed by atoms with van der Waals surface area (Å²) in [5.41, 5.74) is -0.0689. The van der Waals surface area contributed by atoms with Gasteiger partial charge < -0.3 is 14.6 Å². The minimum atomic E-state index is -1.09. The summed E-state index contributed by atoms with van der Waals surface area (Å²) in [4.78, 5) is 19.9. The van der Waals surface area contributed by atoms with Crippen molar-refractivity contribution in [3.8, 4) is 0 Å². The van der Waals surface area contributed by atoms with Crippen LogP contribution >= 0.6 is 0 Å². The average Bonchev–Trinajstić information content (AvgIpc) is 2.60. The normalized spacial score (nSPS) is 13.0. The fourth-order valence-corrected chi connectivity index (χ4v) is 1.67. The number of hydrogen-bond acceptors (Lipinski definition) is 5. The van der Waals surface area contributed by atoms with Gasteiger partial charge in [-0.1, -0.05) is 19.1 Å². The summed E-state index contributed by atoms with van der Waals surface area (Å²) in [6.07, 6.45) is 5.59. The summed E-state index contributed by atoms with van der Waals surface area (Å²) in [6.45, 7) is 9.42. The van der Waals surface area contributed by atoms with E-state index in [4.69, 9.17) is 14.6 Å². The lowest BCUT2D eigenvalue weighted by Gasteiger charge is -2.18. The van der Waals surface area contributed by atoms with Gasteiger partial charge in [0, 0.05) is 18.7 Å². The fraction of sp³-hybridized carbons (Fsp3) is 0.500. The second kappa shape index (κ2) is 13.1. The summed E-state index contributed by atoms with van der Waals surface area (Å²) in [5.74, 6) is -0.540. The van der Waals surface area contributed by atoms with Crippen molar-refractivity contribution in [2.75, 3.05) is 13.4 Å². The SMILES string of the molecule is C/C=C/C[C@@H](C)[C@@H](C)OCOCC.O=C(O)c1ccc([N+](=O)[O-])cc1. The Kier molecular flexibility index (Phi) is 11.9. The van der Waals surface area contributed by atoms with Crippen LogP contribution in [0.15, 0.2) is 36.4 Å². The molecule has 1 aromatic rings. The molecule has 1 aromatic carbocycles. The van der Waals surface area contributed by atoms with Crippen LogP contribution in [0.2, 0.25) is 0 Å². The minimum Gasteiger partial charge on any atom is -0.478 e. The molecule has 0 spiro atoms. The van der Waals surface area contributed by atoms with Crippen LogP contribution in [0.3, 0.4) is 0 Å². The summed E-state index contributed by atoms with van der Waals surface area (Å²) < 4.78 is 10.6. The quantitative estimate of drug-likeness (QED) is 0.234. The number of benzene rings is 1. The first-order valence-corrected chi connectivity index (χ1v) is 8.11. The molecule has 0 radical (unpaired) electrons. The second-order valence-electron chi connectivity index (χ2n) is 5.37. The molecule has 0 heterocycles. The molecule has 0 aliphatic rings. The van der Waals surface area contributed by atoms with Crippen LogP contribution < -0.4 is 0 Å². The number of ether oxygens (including phenoxy) is 2. The Labute approximate surface area is 148 Å². The number of allylic oxidation sites excluding steroid dienone is 2. The highest BCUT2D eigenvalue weighted by molar-refractivity contribution is 5.87. The molecule has 0 amide bonds. The number of non-ortho nitro benzene ring substituents is 1. The van der Waals surface area contributed by atoms with Gasteiger partial charge in [-0.15, -0.1) is 0 Å². The lowest BCUT2D eigenvalue weighted by Crippen LogP contribution is -2.19. The standard InChI is InChI=1S/C11H22O2.C7H5NO4/c1-5-7-8-10(3)11(4)13-9-12-6-2;9-7(10)5-1-3-6(4-2-5)8(11)12/h5,7,10-11H,6,8-9H2,1-4H3;1-4H,(H,9,10)/b7-5+;/t10-,11-;/m1./s1. The molecule has 0 saturated heterocycles. The molecule has 2 atom stereocenters. The maximum atomic E-state index is 10.3. The van der Waals surface area contributed by atoms with Crippen molar-refractivity contribution < 1.29 is 24.3 Å². The minimum absolute atomic E-state index is 0.0422. The van der Waals surface area contributed by atoms with E-state index in [0.717, 1.165) is 25.2 Å². The van der Waals surface area contributed by atoms with Gasteiger partial charge >= 0.3 is 5.97 Å². The third kappa shape index (κ3) is 10.3. The Morgan fingerprint density at radius 3 is 2.36 bits per heavy atom. The van der Waals surface area contributed by atoms with E-state index in [9.17, 15) is 14.9 Å². The van der Waals surface area contributed by atoms with Gasteiger partial charge in [0.05, 0.1) is 16.6 Å². The molecule has 25 heavy (non-hydrogen) atoms. The molecule has 7 nitrogen and oxygen atoms in total. The van der Waals surface area contributed by atoms with Crippen LogP contribution in [0, 0.1) is 16.0 Å². The number of rotatable bonds is 9. The third-order valence-electron chi connectivity index (χ3n) is 3.49. The molecule has 0 aliphatic heterocycles. The first-order chi connectivity index (χ1) is 11.8. The number of aromatic carboxylic acids is 1. The first-order valence-electron chi connectivity index (χ1n) is 8.11. The highest BCUT2D eigenvalue weighted by atomic mass is 16.7. The molecule has 0 fully saturated rings. The van der Waals surface area contributed by atoms with E-state index in [1.54, 1.807) is 0 Å². The Morgan fingerprint density at radius 1 is 1.32 bits per heavy atom. The number of carboxylic acid groups (broad SMARTS) is 1. The molecule has 0 unspecified atom stereocenters. The largest absolute Gasteiger partial charge is 0.478 e. The third-order valence-corrected chi connectivity index (χ3v) is 3.49. The number of nitrogens with zero attached hydrogens (tertiary/aromatic N) is 1. The lowest BCUT2D eigenvalue weighted by molar-refractivity contribution is -0.384. The summed E-state index contributed by atoms with van der Waals surface area (Å²) in [7, 11) is 0. The topological polar surface area (TPSA) is 98.9 Å². The predicted octanol–water partition coefficient (Wildman–Crippen LogP) is 4.28. The van der Waals surface area contributed by atoms with E-state index in [1.807, 2.05) is 13.8 Å². The second-order valence-corrected chi connectivity index (χ2v) is 5.37. The van der Waals surface area contributed by atoms with Crippen LogP contribution in [0.5, 0.6) is 0 Å². The van der Waals surface area contributed by atoms with Gasteiger partial charge in [-0.3, -0.25) is 10.1 Å². The number of carbonyl (C=O) groups is 1. The number of carboxylic acids is 1. The van der Waals surface area contributed by atoms with E-state index >= 15 is 0 Å². The van der Waals surface area contributed by atoms with Gasteiger partial charge in [0.1, 0.15) is 6.79 Å². The molecular formula is C18H27NO6. The van der Waals surface area contributed by atoms with Crippen molar-refractivity contribution >= 4 is 11.7 Å². The van der Waals surface area contributed by atoms with Crippen LogP contribution in [-0.2, 0) is 9.47 Å². The van der Waals surface area contributed by atoms with Crippen LogP contribution in [-0.4, -0.2) is 35.5 Å². The molecule has 1 N–H and O–H groups in total. The Hall–Kier alpha value is -2.25. The van der Waals surface area contributed by atoms with Crippen molar-refractivity contribution in [2.45, 2.75) is 40.2 Å². The Balaban J connectivity index is 0.000000462. The smallest absolute Gasteiger partial charge is 0.335 e. The van der Waals surface area contributed by atoms with Gasteiger partial charge in [0.15, 0.2) is 0 Å². The zero-order valence-corrected chi connectivity index (χ0v) is 15.2. The van der Waals surface area contributed by atoms with Gasteiger partial charge in [-0.25, -0.2) is 4.79 Å². The molecule has 0 bridgehead atoms. The molecule has 0 saturated carbocycles. The van der Waals surface area contributed by atoms with E-state index in [-0.39, 0.29) is 17.4 Å². The monoisotopic (exact) mass is 353 g/mol. The van der Waals surface area contributed by atoms with E-state index in [0.29, 0.717) is 12.7 Å². The van der Waals surface area contributed by atoms with Gasteiger partial charge in [0.25, 0.3) is 5.69 Å². The zero-order chi connectivity index (χ0) is 19.2. The number of hydrogen-bond donors (Lipinski definition) is 1. The first kappa shape index (κ1) is 22.8. The highest BCUT2D eigenvalue weighted by Gasteiger charge is 2.10. The molecular weight excluding hydrogens is 326 g/mol. The van der Waals surface area contributed by atoms with Crippen molar-refractivity contribution in [3.05, 3.63) is 52.1 Å². The maximum absolute atomic E-state index is 10.3. The summed E-state index contributed by atoms with van der Waals surface area (Å²) in [5, 5.41) is 18.6. The van der Waals surface area contributed by atoms with Crippen molar-refractivity contribution in [3.63, 3.8) is 0 Å². The van der Waals surface area contributed by atoms with E-state index < -0.39 is 10.9 Å². The Bertz CT molecular complexity index is 508. The van der Waals surface area contributed by atoms with Crippen LogP contribution in [0.1, 0.15) is 44.5 Å². The Morgan fingerprint density at radius 2 is 1.92 bits per heavy atom. The van der Waals surface area contributed by atoms with Crippen molar-refractivity contribution in [2.24, 2.45) is 5.92 Å². The molecule has 0 aliphatic carbocycles. The number of nitro benzene ring substituents is 1. The lowest BCUT2D eigenvalue weighted by atomic mass is 10.0. The average molecular weight is 353 g/mol. The zero-order valence-electron chi connectivity index (χ0n) is 15.2. The fourth-order valence-electron chi connectivity index (χ4n) is 1.67. The molecule has 0 aromatic heterocycles. The molecule has 7 heteroatoms. The predicted molar refractivity (Wildman–Crippen MR) is 95.7 cm³/mol. The van der Waals surface area contributed by atoms with Gasteiger partial charge in [0.2, 0.25) is 0 Å². The number of nitro groups is 1. The molecule has 140 valence electrons. The van der Waals surface area contributed by atoms with E-state index in [1.165, 1.54) is 12.1 Å². The van der Waals surface area contributed by atoms with E-state index in [2.05, 4.69) is 26.0 Å². The van der Waals surface area contributed by atoms with Gasteiger partial charge in [-0.2, -0.15) is 0 Å². The molecule has 1 rings (SSSR count). The van der Waals surface area contributed by atoms with Crippen LogP contribution in [0.25, 0.3) is 0 Å². The van der Waals surface area contributed by atoms with Crippen molar-refractivity contribution in [1.29, 1.82) is 0 Å².